The van der Waals surface area contributed by atoms with Gasteiger partial charge in [-0.2, -0.15) is 0 Å². The van der Waals surface area contributed by atoms with Crippen molar-refractivity contribution in [1.29, 1.82) is 0 Å². The summed E-state index contributed by atoms with van der Waals surface area (Å²) in [6.45, 7) is 0. The first-order chi connectivity index (χ1) is 16.4. The van der Waals surface area contributed by atoms with E-state index in [-0.39, 0.29) is 22.9 Å². The van der Waals surface area contributed by atoms with Gasteiger partial charge in [-0.25, -0.2) is 4.39 Å². The molecule has 4 rings (SSSR count). The van der Waals surface area contributed by atoms with Gasteiger partial charge in [-0.05, 0) is 48.0 Å². The van der Waals surface area contributed by atoms with Crippen molar-refractivity contribution >= 4 is 51.5 Å². The van der Waals surface area contributed by atoms with Crippen molar-refractivity contribution in [3.05, 3.63) is 99.8 Å². The Morgan fingerprint density at radius 2 is 1.62 bits per heavy atom. The highest BCUT2D eigenvalue weighted by Crippen LogP contribution is 2.26. The second kappa shape index (κ2) is 10.7. The minimum absolute atomic E-state index is 0.234. The molecular formula is C24H17Cl2FN4O2S. The second-order valence-electron chi connectivity index (χ2n) is 7.28. The van der Waals surface area contributed by atoms with Gasteiger partial charge in [-0.15, -0.1) is 10.2 Å². The molecule has 4 aromatic rings. The SMILES string of the molecule is O=C(NC(Cc1ccccc1)C(=O)Nc1nnc(-c2ccc(F)cc2)s1)c1cc(Cl)cc(Cl)c1. The van der Waals surface area contributed by atoms with E-state index in [0.29, 0.717) is 20.6 Å². The first-order valence-corrected chi connectivity index (χ1v) is 11.7. The van der Waals surface area contributed by atoms with Gasteiger partial charge in [0.1, 0.15) is 16.9 Å². The molecule has 0 saturated heterocycles. The van der Waals surface area contributed by atoms with E-state index in [1.807, 2.05) is 30.3 Å². The zero-order valence-corrected chi connectivity index (χ0v) is 19.8. The van der Waals surface area contributed by atoms with Crippen LogP contribution in [0.1, 0.15) is 15.9 Å². The van der Waals surface area contributed by atoms with Crippen molar-refractivity contribution in [3.63, 3.8) is 0 Å². The van der Waals surface area contributed by atoms with Crippen LogP contribution in [0.4, 0.5) is 9.52 Å². The van der Waals surface area contributed by atoms with Gasteiger partial charge in [0.2, 0.25) is 11.0 Å². The Balaban J connectivity index is 1.53. The molecule has 2 amide bonds. The first-order valence-electron chi connectivity index (χ1n) is 10.1. The zero-order chi connectivity index (χ0) is 24.1. The van der Waals surface area contributed by atoms with Crippen molar-refractivity contribution in [3.8, 4) is 10.6 Å². The van der Waals surface area contributed by atoms with Crippen LogP contribution in [-0.2, 0) is 11.2 Å². The number of benzene rings is 3. The lowest BCUT2D eigenvalue weighted by atomic mass is 10.0. The molecule has 1 aromatic heterocycles. The topological polar surface area (TPSA) is 84.0 Å². The lowest BCUT2D eigenvalue weighted by Gasteiger charge is -2.18. The molecule has 10 heteroatoms. The number of nitrogens with one attached hydrogen (secondary N) is 2. The van der Waals surface area contributed by atoms with E-state index in [9.17, 15) is 14.0 Å². The van der Waals surface area contributed by atoms with Crippen LogP contribution < -0.4 is 10.6 Å². The molecule has 0 fully saturated rings. The lowest BCUT2D eigenvalue weighted by Crippen LogP contribution is -2.45. The van der Waals surface area contributed by atoms with Crippen LogP contribution in [0.5, 0.6) is 0 Å². The smallest absolute Gasteiger partial charge is 0.252 e. The Bertz CT molecular complexity index is 1300. The van der Waals surface area contributed by atoms with Gasteiger partial charge in [-0.1, -0.05) is 64.9 Å². The minimum Gasteiger partial charge on any atom is -0.340 e. The van der Waals surface area contributed by atoms with E-state index < -0.39 is 17.9 Å². The molecule has 2 N–H and O–H groups in total. The van der Waals surface area contributed by atoms with Crippen LogP contribution in [0.3, 0.4) is 0 Å². The summed E-state index contributed by atoms with van der Waals surface area (Å²) >= 11 is 13.2. The van der Waals surface area contributed by atoms with Gasteiger partial charge >= 0.3 is 0 Å². The fourth-order valence-corrected chi connectivity index (χ4v) is 4.44. The summed E-state index contributed by atoms with van der Waals surface area (Å²) in [5.74, 6) is -1.32. The number of amides is 2. The van der Waals surface area contributed by atoms with Crippen molar-refractivity contribution in [2.75, 3.05) is 5.32 Å². The Hall–Kier alpha value is -3.33. The molecule has 0 saturated carbocycles. The number of halogens is 3. The maximum absolute atomic E-state index is 13.2. The van der Waals surface area contributed by atoms with Gasteiger partial charge in [0, 0.05) is 27.6 Å². The maximum atomic E-state index is 13.2. The van der Waals surface area contributed by atoms with Crippen molar-refractivity contribution < 1.29 is 14.0 Å². The highest BCUT2D eigenvalue weighted by molar-refractivity contribution is 7.18. The summed E-state index contributed by atoms with van der Waals surface area (Å²) in [7, 11) is 0. The van der Waals surface area contributed by atoms with Crippen molar-refractivity contribution in [2.45, 2.75) is 12.5 Å². The molecule has 1 unspecified atom stereocenters. The third-order valence-corrected chi connectivity index (χ3v) is 6.10. The predicted octanol–water partition coefficient (Wildman–Crippen LogP) is 5.63. The first kappa shape index (κ1) is 23.8. The molecular weight excluding hydrogens is 498 g/mol. The molecule has 1 atom stereocenters. The molecule has 0 bridgehead atoms. The monoisotopic (exact) mass is 514 g/mol. The average molecular weight is 515 g/mol. The van der Waals surface area contributed by atoms with Crippen LogP contribution in [0.2, 0.25) is 10.0 Å². The zero-order valence-electron chi connectivity index (χ0n) is 17.5. The number of hydrogen-bond donors (Lipinski definition) is 2. The van der Waals surface area contributed by atoms with E-state index >= 15 is 0 Å². The van der Waals surface area contributed by atoms with Crippen LogP contribution >= 0.6 is 34.5 Å². The van der Waals surface area contributed by atoms with E-state index in [2.05, 4.69) is 20.8 Å². The van der Waals surface area contributed by atoms with E-state index in [1.165, 1.54) is 30.3 Å². The number of anilines is 1. The molecule has 172 valence electrons. The summed E-state index contributed by atoms with van der Waals surface area (Å²) in [4.78, 5) is 26.0. The number of nitrogens with zero attached hydrogens (tertiary/aromatic N) is 2. The number of carbonyl (C=O) groups is 2. The number of rotatable bonds is 7. The molecule has 34 heavy (non-hydrogen) atoms. The average Bonchev–Trinajstić information content (AvgIpc) is 3.27. The fraction of sp³-hybridized carbons (Fsp3) is 0.0833. The molecule has 1 heterocycles. The number of aromatic nitrogens is 2. The highest BCUT2D eigenvalue weighted by Gasteiger charge is 2.24. The second-order valence-corrected chi connectivity index (χ2v) is 9.13. The summed E-state index contributed by atoms with van der Waals surface area (Å²) in [6.07, 6.45) is 0.246. The largest absolute Gasteiger partial charge is 0.340 e. The Morgan fingerprint density at radius 3 is 2.29 bits per heavy atom. The summed E-state index contributed by atoms with van der Waals surface area (Å²) in [5.41, 5.74) is 1.76. The van der Waals surface area contributed by atoms with E-state index in [1.54, 1.807) is 12.1 Å². The van der Waals surface area contributed by atoms with E-state index in [0.717, 1.165) is 16.9 Å². The van der Waals surface area contributed by atoms with Crippen molar-refractivity contribution in [2.24, 2.45) is 0 Å². The van der Waals surface area contributed by atoms with Crippen LogP contribution in [-0.4, -0.2) is 28.1 Å². The van der Waals surface area contributed by atoms with Crippen LogP contribution in [0, 0.1) is 5.82 Å². The fourth-order valence-electron chi connectivity index (χ4n) is 3.16. The molecule has 0 aliphatic rings. The lowest BCUT2D eigenvalue weighted by molar-refractivity contribution is -0.118. The van der Waals surface area contributed by atoms with Crippen LogP contribution in [0.15, 0.2) is 72.8 Å². The highest BCUT2D eigenvalue weighted by atomic mass is 35.5. The number of hydrogen-bond acceptors (Lipinski definition) is 5. The Morgan fingerprint density at radius 1 is 0.941 bits per heavy atom. The number of carbonyl (C=O) groups excluding carboxylic acids is 2. The third kappa shape index (κ3) is 6.17. The molecule has 0 radical (unpaired) electrons. The third-order valence-electron chi connectivity index (χ3n) is 4.78. The molecule has 0 spiro atoms. The van der Waals surface area contributed by atoms with Gasteiger partial charge in [-0.3, -0.25) is 14.9 Å². The summed E-state index contributed by atoms with van der Waals surface area (Å²) in [6, 6.07) is 18.6. The van der Waals surface area contributed by atoms with Gasteiger partial charge in [0.15, 0.2) is 0 Å². The molecule has 0 aliphatic heterocycles. The van der Waals surface area contributed by atoms with Gasteiger partial charge in [0.05, 0.1) is 0 Å². The molecule has 6 nitrogen and oxygen atoms in total. The molecule has 3 aromatic carbocycles. The Labute approximate surface area is 208 Å². The standard InChI is InChI=1S/C24H17Cl2FN4O2S/c25-17-11-16(12-18(26)13-17)21(32)28-20(10-14-4-2-1-3-5-14)22(33)29-24-31-30-23(34-24)15-6-8-19(27)9-7-15/h1-9,11-13,20H,10H2,(H,28,32)(H,29,31,33). The summed E-state index contributed by atoms with van der Waals surface area (Å²) in [5, 5.41) is 14.9. The van der Waals surface area contributed by atoms with Crippen LogP contribution in [0.25, 0.3) is 10.6 Å². The summed E-state index contributed by atoms with van der Waals surface area (Å²) < 4.78 is 13.2. The van der Waals surface area contributed by atoms with Gasteiger partial charge in [0.25, 0.3) is 5.91 Å². The van der Waals surface area contributed by atoms with Crippen molar-refractivity contribution in [1.82, 2.24) is 15.5 Å². The minimum atomic E-state index is -0.911. The quantitative estimate of drug-likeness (QED) is 0.334. The Kier molecular flexibility index (Phi) is 7.52. The van der Waals surface area contributed by atoms with E-state index in [4.69, 9.17) is 23.2 Å². The maximum Gasteiger partial charge on any atom is 0.252 e. The molecule has 0 aliphatic carbocycles. The predicted molar refractivity (Wildman–Crippen MR) is 132 cm³/mol. The van der Waals surface area contributed by atoms with Gasteiger partial charge < -0.3 is 5.32 Å². The normalized spacial score (nSPS) is 11.6.